The van der Waals surface area contributed by atoms with Crippen LogP contribution < -0.4 is 0 Å². The maximum absolute atomic E-state index is 12.9. The van der Waals surface area contributed by atoms with E-state index in [1.807, 2.05) is 43.3 Å². The molecule has 0 bridgehead atoms. The van der Waals surface area contributed by atoms with E-state index in [0.717, 1.165) is 23.3 Å². The Bertz CT molecular complexity index is 998. The zero-order valence-corrected chi connectivity index (χ0v) is 17.5. The second-order valence-corrected chi connectivity index (χ2v) is 10.4. The van der Waals surface area contributed by atoms with Crippen molar-refractivity contribution in [2.24, 2.45) is 5.92 Å². The van der Waals surface area contributed by atoms with Crippen molar-refractivity contribution in [2.75, 3.05) is 32.9 Å². The van der Waals surface area contributed by atoms with Crippen molar-refractivity contribution in [1.29, 1.82) is 0 Å². The first-order valence-electron chi connectivity index (χ1n) is 9.91. The number of nitrogens with zero attached hydrogens (tertiary/aromatic N) is 4. The summed E-state index contributed by atoms with van der Waals surface area (Å²) in [5, 5.41) is -0.413. The summed E-state index contributed by atoms with van der Waals surface area (Å²) in [4.78, 5) is 21.3. The first-order chi connectivity index (χ1) is 13.3. The Balaban J connectivity index is 1.47. The second kappa shape index (κ2) is 7.15. The molecule has 2 aromatic rings. The zero-order chi connectivity index (χ0) is 20.1. The fourth-order valence-corrected chi connectivity index (χ4v) is 7.26. The molecule has 4 rings (SSSR count). The van der Waals surface area contributed by atoms with E-state index in [2.05, 4.69) is 16.5 Å². The molecule has 1 aromatic heterocycles. The van der Waals surface area contributed by atoms with Gasteiger partial charge in [-0.1, -0.05) is 19.1 Å². The SMILES string of the molecule is CCc1nc2ccccc2n1CCC(=O)N1CC2C(N(C)C)CS(=O)(=O)C2C1. The van der Waals surface area contributed by atoms with Crippen LogP contribution in [0.15, 0.2) is 24.3 Å². The van der Waals surface area contributed by atoms with Gasteiger partial charge in [-0.2, -0.15) is 0 Å². The maximum atomic E-state index is 12.9. The van der Waals surface area contributed by atoms with Gasteiger partial charge in [-0.05, 0) is 26.2 Å². The summed E-state index contributed by atoms with van der Waals surface area (Å²) in [5.74, 6) is 1.23. The van der Waals surface area contributed by atoms with Crippen LogP contribution in [0.5, 0.6) is 0 Å². The molecule has 152 valence electrons. The molecule has 1 aromatic carbocycles. The summed E-state index contributed by atoms with van der Waals surface area (Å²) in [5.41, 5.74) is 1.99. The normalized spacial score (nSPS) is 26.3. The second-order valence-electron chi connectivity index (χ2n) is 8.13. The summed E-state index contributed by atoms with van der Waals surface area (Å²) in [6.07, 6.45) is 1.17. The summed E-state index contributed by atoms with van der Waals surface area (Å²) < 4.78 is 27.2. The molecular weight excluding hydrogens is 376 g/mol. The molecule has 8 heteroatoms. The Morgan fingerprint density at radius 1 is 1.25 bits per heavy atom. The van der Waals surface area contributed by atoms with Crippen molar-refractivity contribution in [3.63, 3.8) is 0 Å². The molecule has 0 saturated carbocycles. The number of carbonyl (C=O) groups excluding carboxylic acids is 1. The van der Waals surface area contributed by atoms with Crippen molar-refractivity contribution < 1.29 is 13.2 Å². The number of fused-ring (bicyclic) bond motifs is 2. The van der Waals surface area contributed by atoms with Gasteiger partial charge in [0.2, 0.25) is 5.91 Å². The number of para-hydroxylation sites is 2. The zero-order valence-electron chi connectivity index (χ0n) is 16.7. The largest absolute Gasteiger partial charge is 0.341 e. The number of amides is 1. The van der Waals surface area contributed by atoms with E-state index in [1.54, 1.807) is 4.90 Å². The standard InChI is InChI=1S/C20H28N4O3S/c1-4-19-21-15-7-5-6-8-16(15)24(19)10-9-20(25)23-11-14-17(22(2)3)13-28(26,27)18(14)12-23/h5-8,14,17-18H,4,9-13H2,1-3H3. The lowest BCUT2D eigenvalue weighted by molar-refractivity contribution is -0.130. The fraction of sp³-hybridized carbons (Fsp3) is 0.600. The molecule has 2 fully saturated rings. The minimum atomic E-state index is -3.13. The van der Waals surface area contributed by atoms with E-state index in [-0.39, 0.29) is 23.6 Å². The molecule has 7 nitrogen and oxygen atoms in total. The topological polar surface area (TPSA) is 75.5 Å². The van der Waals surface area contributed by atoms with E-state index < -0.39 is 15.1 Å². The van der Waals surface area contributed by atoms with Crippen LogP contribution in [0, 0.1) is 5.92 Å². The highest BCUT2D eigenvalue weighted by molar-refractivity contribution is 7.92. The highest BCUT2D eigenvalue weighted by atomic mass is 32.2. The van der Waals surface area contributed by atoms with Gasteiger partial charge < -0.3 is 14.4 Å². The smallest absolute Gasteiger partial charge is 0.224 e. The van der Waals surface area contributed by atoms with Gasteiger partial charge in [-0.15, -0.1) is 0 Å². The highest BCUT2D eigenvalue weighted by Crippen LogP contribution is 2.36. The molecule has 28 heavy (non-hydrogen) atoms. The van der Waals surface area contributed by atoms with Gasteiger partial charge >= 0.3 is 0 Å². The van der Waals surface area contributed by atoms with Crippen LogP contribution in [-0.2, 0) is 27.6 Å². The number of aryl methyl sites for hydroxylation is 2. The molecular formula is C20H28N4O3S. The molecule has 0 N–H and O–H groups in total. The molecule has 2 saturated heterocycles. The molecule has 0 spiro atoms. The van der Waals surface area contributed by atoms with Gasteiger partial charge in [0, 0.05) is 44.4 Å². The minimum absolute atomic E-state index is 0.00270. The maximum Gasteiger partial charge on any atom is 0.224 e. The van der Waals surface area contributed by atoms with Crippen molar-refractivity contribution in [3.05, 3.63) is 30.1 Å². The van der Waals surface area contributed by atoms with Gasteiger partial charge in [0.05, 0.1) is 22.0 Å². The van der Waals surface area contributed by atoms with Crippen LogP contribution in [0.3, 0.4) is 0 Å². The average Bonchev–Trinajstić information content (AvgIpc) is 3.31. The summed E-state index contributed by atoms with van der Waals surface area (Å²) in [7, 11) is 0.707. The lowest BCUT2D eigenvalue weighted by Gasteiger charge is -2.25. The molecule has 2 aliphatic rings. The highest BCUT2D eigenvalue weighted by Gasteiger charge is 2.53. The van der Waals surface area contributed by atoms with Crippen molar-refractivity contribution in [2.45, 2.75) is 37.6 Å². The predicted octanol–water partition coefficient (Wildman–Crippen LogP) is 1.17. The molecule has 3 atom stereocenters. The van der Waals surface area contributed by atoms with E-state index in [0.29, 0.717) is 26.1 Å². The van der Waals surface area contributed by atoms with E-state index in [1.165, 1.54) is 0 Å². The summed E-state index contributed by atoms with van der Waals surface area (Å²) in [6.45, 7) is 3.50. The summed E-state index contributed by atoms with van der Waals surface area (Å²) >= 11 is 0. The number of hydrogen-bond acceptors (Lipinski definition) is 5. The fourth-order valence-electron chi connectivity index (χ4n) is 4.78. The number of aromatic nitrogens is 2. The first-order valence-corrected chi connectivity index (χ1v) is 11.6. The number of sulfone groups is 1. The van der Waals surface area contributed by atoms with Gasteiger partial charge in [-0.3, -0.25) is 4.79 Å². The predicted molar refractivity (Wildman–Crippen MR) is 109 cm³/mol. The van der Waals surface area contributed by atoms with Crippen molar-refractivity contribution >= 4 is 26.8 Å². The van der Waals surface area contributed by atoms with Gasteiger partial charge in [-0.25, -0.2) is 13.4 Å². The number of benzene rings is 1. The molecule has 0 aliphatic carbocycles. The average molecular weight is 405 g/mol. The first kappa shape index (κ1) is 19.4. The van der Waals surface area contributed by atoms with Crippen LogP contribution in [0.4, 0.5) is 0 Å². The molecule has 3 heterocycles. The van der Waals surface area contributed by atoms with E-state index in [4.69, 9.17) is 0 Å². The van der Waals surface area contributed by atoms with Crippen molar-refractivity contribution in [1.82, 2.24) is 19.4 Å². The lowest BCUT2D eigenvalue weighted by atomic mass is 10.00. The Morgan fingerprint density at radius 2 is 2.00 bits per heavy atom. The third-order valence-electron chi connectivity index (χ3n) is 6.28. The number of rotatable bonds is 5. The number of imidazole rings is 1. The van der Waals surface area contributed by atoms with Gasteiger partial charge in [0.15, 0.2) is 9.84 Å². The van der Waals surface area contributed by atoms with Crippen LogP contribution in [0.2, 0.25) is 0 Å². The number of carbonyl (C=O) groups is 1. The number of likely N-dealkylation sites (tertiary alicyclic amines) is 1. The number of hydrogen-bond donors (Lipinski definition) is 0. The monoisotopic (exact) mass is 404 g/mol. The Hall–Kier alpha value is -1.93. The van der Waals surface area contributed by atoms with Gasteiger partial charge in [0.1, 0.15) is 5.82 Å². The minimum Gasteiger partial charge on any atom is -0.341 e. The third kappa shape index (κ3) is 3.22. The Morgan fingerprint density at radius 3 is 2.71 bits per heavy atom. The van der Waals surface area contributed by atoms with Crippen LogP contribution in [-0.4, -0.2) is 77.9 Å². The Labute approximate surface area is 166 Å². The van der Waals surface area contributed by atoms with Crippen LogP contribution >= 0.6 is 0 Å². The molecule has 1 amide bonds. The van der Waals surface area contributed by atoms with Crippen LogP contribution in [0.1, 0.15) is 19.2 Å². The Kier molecular flexibility index (Phi) is 4.95. The third-order valence-corrected chi connectivity index (χ3v) is 8.51. The van der Waals surface area contributed by atoms with Crippen molar-refractivity contribution in [3.8, 4) is 0 Å². The van der Waals surface area contributed by atoms with E-state index >= 15 is 0 Å². The summed E-state index contributed by atoms with van der Waals surface area (Å²) in [6, 6.07) is 7.96. The molecule has 0 radical (unpaired) electrons. The van der Waals surface area contributed by atoms with E-state index in [9.17, 15) is 13.2 Å². The van der Waals surface area contributed by atoms with Crippen LogP contribution in [0.25, 0.3) is 11.0 Å². The molecule has 3 unspecified atom stereocenters. The lowest BCUT2D eigenvalue weighted by Crippen LogP contribution is -2.38. The van der Waals surface area contributed by atoms with Gasteiger partial charge in [0.25, 0.3) is 0 Å². The molecule has 2 aliphatic heterocycles. The quantitative estimate of drug-likeness (QED) is 0.748.